The van der Waals surface area contributed by atoms with E-state index in [9.17, 15) is 18.0 Å². The lowest BCUT2D eigenvalue weighted by molar-refractivity contribution is -0.125. The molecule has 0 saturated heterocycles. The van der Waals surface area contributed by atoms with Crippen molar-refractivity contribution in [2.45, 2.75) is 12.6 Å². The predicted octanol–water partition coefficient (Wildman–Crippen LogP) is 3.59. The summed E-state index contributed by atoms with van der Waals surface area (Å²) in [6, 6.07) is 4.05. The van der Waals surface area contributed by atoms with E-state index in [1.165, 1.54) is 25.3 Å². The van der Waals surface area contributed by atoms with Crippen molar-refractivity contribution in [1.29, 1.82) is 0 Å². The molecule has 0 unspecified atom stereocenters. The Morgan fingerprint density at radius 1 is 1.44 bits per heavy atom. The van der Waals surface area contributed by atoms with Crippen LogP contribution in [0.2, 0.25) is 0 Å². The molecule has 0 N–H and O–H groups in total. The Morgan fingerprint density at radius 3 is 2.50 bits per heavy atom. The van der Waals surface area contributed by atoms with Gasteiger partial charge in [0.2, 0.25) is 0 Å². The molecule has 0 bridgehead atoms. The first-order valence-electron chi connectivity index (χ1n) is 4.27. The van der Waals surface area contributed by atoms with Gasteiger partial charge in [-0.2, -0.15) is 13.2 Å². The fraction of sp³-hybridized carbons (Fsp3) is 0.300. The summed E-state index contributed by atoms with van der Waals surface area (Å²) < 4.78 is 41.3. The summed E-state index contributed by atoms with van der Waals surface area (Å²) in [5, 5.41) is 0. The van der Waals surface area contributed by atoms with Crippen LogP contribution in [0.15, 0.2) is 22.7 Å². The van der Waals surface area contributed by atoms with Gasteiger partial charge in [0.05, 0.1) is 11.6 Å². The van der Waals surface area contributed by atoms with Crippen molar-refractivity contribution >= 4 is 21.7 Å². The first-order valence-corrected chi connectivity index (χ1v) is 5.06. The Labute approximate surface area is 98.5 Å². The Balaban J connectivity index is 2.89. The molecule has 0 heterocycles. The van der Waals surface area contributed by atoms with E-state index >= 15 is 0 Å². The van der Waals surface area contributed by atoms with Gasteiger partial charge in [-0.15, -0.1) is 0 Å². The Hall–Kier alpha value is -1.04. The maximum Gasteiger partial charge on any atom is 0.396 e. The third kappa shape index (κ3) is 3.52. The summed E-state index contributed by atoms with van der Waals surface area (Å²) in [5.74, 6) is -0.501. The molecule has 0 saturated carbocycles. The average Bonchev–Trinajstić information content (AvgIpc) is 2.15. The molecule has 0 aliphatic heterocycles. The van der Waals surface area contributed by atoms with E-state index in [0.717, 1.165) is 0 Å². The lowest BCUT2D eigenvalue weighted by atomic mass is 10.1. The molecular formula is C10H8BrF3O2. The molecule has 1 aromatic carbocycles. The van der Waals surface area contributed by atoms with Gasteiger partial charge in [-0.1, -0.05) is 0 Å². The van der Waals surface area contributed by atoms with Crippen LogP contribution in [0.1, 0.15) is 16.8 Å². The van der Waals surface area contributed by atoms with Crippen LogP contribution in [0.3, 0.4) is 0 Å². The molecule has 1 rings (SSSR count). The number of carbonyl (C=O) groups excluding carboxylic acids is 1. The SMILES string of the molecule is COc1ccc(C(=O)CC(F)(F)F)cc1Br. The van der Waals surface area contributed by atoms with Crippen LogP contribution in [-0.2, 0) is 0 Å². The van der Waals surface area contributed by atoms with Crippen LogP contribution in [-0.4, -0.2) is 19.1 Å². The van der Waals surface area contributed by atoms with Gasteiger partial charge in [-0.3, -0.25) is 4.79 Å². The van der Waals surface area contributed by atoms with Crippen molar-refractivity contribution in [3.63, 3.8) is 0 Å². The second kappa shape index (κ2) is 4.86. The standard InChI is InChI=1S/C10H8BrF3O2/c1-16-9-3-2-6(4-7(9)11)8(15)5-10(12,13)14/h2-4H,5H2,1H3. The second-order valence-electron chi connectivity index (χ2n) is 3.06. The van der Waals surface area contributed by atoms with E-state index in [1.807, 2.05) is 0 Å². The molecule has 0 aliphatic rings. The smallest absolute Gasteiger partial charge is 0.396 e. The van der Waals surface area contributed by atoms with Crippen LogP contribution in [0.4, 0.5) is 13.2 Å². The van der Waals surface area contributed by atoms with E-state index in [1.54, 1.807) is 0 Å². The van der Waals surface area contributed by atoms with Crippen molar-refractivity contribution in [1.82, 2.24) is 0 Å². The number of benzene rings is 1. The number of carbonyl (C=O) groups is 1. The number of methoxy groups -OCH3 is 1. The van der Waals surface area contributed by atoms with Crippen LogP contribution >= 0.6 is 15.9 Å². The summed E-state index contributed by atoms with van der Waals surface area (Å²) in [4.78, 5) is 11.2. The summed E-state index contributed by atoms with van der Waals surface area (Å²) in [6.45, 7) is 0. The highest BCUT2D eigenvalue weighted by atomic mass is 79.9. The topological polar surface area (TPSA) is 26.3 Å². The number of ether oxygens (including phenoxy) is 1. The van der Waals surface area contributed by atoms with Crippen LogP contribution in [0.25, 0.3) is 0 Å². The Kier molecular flexibility index (Phi) is 3.96. The van der Waals surface area contributed by atoms with E-state index in [2.05, 4.69) is 15.9 Å². The fourth-order valence-electron chi connectivity index (χ4n) is 1.12. The third-order valence-electron chi connectivity index (χ3n) is 1.83. The number of hydrogen-bond acceptors (Lipinski definition) is 2. The monoisotopic (exact) mass is 296 g/mol. The van der Waals surface area contributed by atoms with Gasteiger partial charge in [0, 0.05) is 5.56 Å². The number of Topliss-reactive ketones (excluding diaryl/α,β-unsaturated/α-hetero) is 1. The predicted molar refractivity (Wildman–Crippen MR) is 55.7 cm³/mol. The van der Waals surface area contributed by atoms with Crippen LogP contribution < -0.4 is 4.74 Å². The quantitative estimate of drug-likeness (QED) is 0.797. The molecule has 0 amide bonds. The van der Waals surface area contributed by atoms with E-state index < -0.39 is 18.4 Å². The second-order valence-corrected chi connectivity index (χ2v) is 3.92. The fourth-order valence-corrected chi connectivity index (χ4v) is 1.66. The number of alkyl halides is 3. The summed E-state index contributed by atoms with van der Waals surface area (Å²) >= 11 is 3.10. The highest BCUT2D eigenvalue weighted by Crippen LogP contribution is 2.28. The van der Waals surface area contributed by atoms with Gasteiger partial charge in [0.1, 0.15) is 12.2 Å². The molecule has 0 radical (unpaired) electrons. The van der Waals surface area contributed by atoms with E-state index in [-0.39, 0.29) is 5.56 Å². The lowest BCUT2D eigenvalue weighted by Crippen LogP contribution is -2.14. The minimum atomic E-state index is -4.48. The Morgan fingerprint density at radius 2 is 2.06 bits per heavy atom. The number of ketones is 1. The normalized spacial score (nSPS) is 11.3. The molecule has 2 nitrogen and oxygen atoms in total. The molecule has 16 heavy (non-hydrogen) atoms. The molecule has 0 fully saturated rings. The Bertz CT molecular complexity index is 402. The minimum Gasteiger partial charge on any atom is -0.496 e. The zero-order valence-electron chi connectivity index (χ0n) is 8.27. The zero-order chi connectivity index (χ0) is 12.3. The number of rotatable bonds is 3. The van der Waals surface area contributed by atoms with Crippen molar-refractivity contribution in [2.75, 3.05) is 7.11 Å². The molecule has 1 aromatic rings. The van der Waals surface area contributed by atoms with Crippen LogP contribution in [0, 0.1) is 0 Å². The van der Waals surface area contributed by atoms with E-state index in [0.29, 0.717) is 10.2 Å². The van der Waals surface area contributed by atoms with Crippen molar-refractivity contribution in [2.24, 2.45) is 0 Å². The molecule has 0 aliphatic carbocycles. The first-order chi connectivity index (χ1) is 7.33. The molecule has 0 spiro atoms. The molecule has 88 valence electrons. The van der Waals surface area contributed by atoms with Gasteiger partial charge in [0.15, 0.2) is 5.78 Å². The number of halogens is 4. The van der Waals surface area contributed by atoms with Crippen molar-refractivity contribution in [3.8, 4) is 5.75 Å². The molecular weight excluding hydrogens is 289 g/mol. The van der Waals surface area contributed by atoms with Gasteiger partial charge in [0.25, 0.3) is 0 Å². The largest absolute Gasteiger partial charge is 0.496 e. The van der Waals surface area contributed by atoms with Gasteiger partial charge >= 0.3 is 6.18 Å². The van der Waals surface area contributed by atoms with Crippen molar-refractivity contribution in [3.05, 3.63) is 28.2 Å². The first kappa shape index (κ1) is 13.0. The minimum absolute atomic E-state index is 0.00463. The van der Waals surface area contributed by atoms with Gasteiger partial charge in [-0.05, 0) is 34.1 Å². The van der Waals surface area contributed by atoms with Gasteiger partial charge in [-0.25, -0.2) is 0 Å². The molecule has 6 heteroatoms. The van der Waals surface area contributed by atoms with Crippen LogP contribution in [0.5, 0.6) is 5.75 Å². The zero-order valence-corrected chi connectivity index (χ0v) is 9.85. The highest BCUT2D eigenvalue weighted by molar-refractivity contribution is 9.10. The summed E-state index contributed by atoms with van der Waals surface area (Å²) in [6.07, 6.45) is -5.94. The summed E-state index contributed by atoms with van der Waals surface area (Å²) in [7, 11) is 1.43. The van der Waals surface area contributed by atoms with Crippen molar-refractivity contribution < 1.29 is 22.7 Å². The number of hydrogen-bond donors (Lipinski definition) is 0. The average molecular weight is 297 g/mol. The lowest BCUT2D eigenvalue weighted by Gasteiger charge is -2.07. The van der Waals surface area contributed by atoms with Gasteiger partial charge < -0.3 is 4.74 Å². The maximum absolute atomic E-state index is 12.0. The molecule has 0 atom stereocenters. The maximum atomic E-state index is 12.0. The van der Waals surface area contributed by atoms with E-state index in [4.69, 9.17) is 4.74 Å². The highest BCUT2D eigenvalue weighted by Gasteiger charge is 2.31. The summed E-state index contributed by atoms with van der Waals surface area (Å²) in [5.41, 5.74) is 0.00463. The molecule has 0 aromatic heterocycles. The third-order valence-corrected chi connectivity index (χ3v) is 2.45.